The first kappa shape index (κ1) is 24.3. The van der Waals surface area contributed by atoms with E-state index >= 15 is 0 Å². The molecular weight excluding hydrogens is 438 g/mol. The summed E-state index contributed by atoms with van der Waals surface area (Å²) in [4.78, 5) is 27.8. The molecule has 3 aromatic carbocycles. The number of carbonyl (C=O) groups is 2. The number of nitrogens with zero attached hydrogens (tertiary/aromatic N) is 1. The maximum absolute atomic E-state index is 12.3. The van der Waals surface area contributed by atoms with E-state index in [9.17, 15) is 18.0 Å². The zero-order chi connectivity index (χ0) is 23.9. The minimum absolute atomic E-state index is 0.0585. The molecular formula is C21H21N3O7S. The molecule has 32 heavy (non-hydrogen) atoms. The van der Waals surface area contributed by atoms with Crippen molar-refractivity contribution in [1.82, 2.24) is 0 Å². The zero-order valence-corrected chi connectivity index (χ0v) is 18.0. The van der Waals surface area contributed by atoms with E-state index in [1.165, 1.54) is 7.11 Å². The maximum Gasteiger partial charge on any atom is 0.343 e. The third kappa shape index (κ3) is 7.70. The van der Waals surface area contributed by atoms with Crippen LogP contribution in [-0.4, -0.2) is 44.2 Å². The Balaban J connectivity index is 0.000000654. The Bertz CT molecular complexity index is 1260. The molecule has 0 heterocycles. The Morgan fingerprint density at radius 2 is 1.41 bits per heavy atom. The number of nitrogens with two attached hydrogens (primary N) is 2. The van der Waals surface area contributed by atoms with Crippen LogP contribution in [0, 0.1) is 0 Å². The monoisotopic (exact) mass is 459 g/mol. The van der Waals surface area contributed by atoms with Gasteiger partial charge in [-0.05, 0) is 59.3 Å². The van der Waals surface area contributed by atoms with Crippen molar-refractivity contribution in [3.8, 4) is 5.75 Å². The van der Waals surface area contributed by atoms with Gasteiger partial charge < -0.3 is 20.9 Å². The van der Waals surface area contributed by atoms with Crippen LogP contribution in [0.1, 0.15) is 20.7 Å². The van der Waals surface area contributed by atoms with E-state index in [4.69, 9.17) is 25.5 Å². The molecule has 0 radical (unpaired) electrons. The molecule has 0 aliphatic carbocycles. The summed E-state index contributed by atoms with van der Waals surface area (Å²) in [6.07, 6.45) is 0.715. The molecule has 0 saturated carbocycles. The number of guanidine groups is 1. The number of hydrogen-bond acceptors (Lipinski definition) is 7. The summed E-state index contributed by atoms with van der Waals surface area (Å²) < 4.78 is 36.0. The fourth-order valence-electron chi connectivity index (χ4n) is 2.52. The Morgan fingerprint density at radius 3 is 1.97 bits per heavy atom. The number of esters is 2. The Labute approximate surface area is 184 Å². The van der Waals surface area contributed by atoms with Crippen molar-refractivity contribution in [3.05, 3.63) is 71.8 Å². The molecule has 0 bridgehead atoms. The highest BCUT2D eigenvalue weighted by atomic mass is 32.2. The first-order valence-corrected chi connectivity index (χ1v) is 10.8. The van der Waals surface area contributed by atoms with Crippen molar-refractivity contribution in [1.29, 1.82) is 0 Å². The molecule has 0 aromatic heterocycles. The van der Waals surface area contributed by atoms with Crippen molar-refractivity contribution in [2.45, 2.75) is 0 Å². The van der Waals surface area contributed by atoms with Gasteiger partial charge in [-0.1, -0.05) is 12.1 Å². The molecule has 0 aliphatic rings. The number of aliphatic imine (C=N–C) groups is 1. The molecule has 168 valence electrons. The zero-order valence-electron chi connectivity index (χ0n) is 17.2. The van der Waals surface area contributed by atoms with E-state index < -0.39 is 22.1 Å². The van der Waals surface area contributed by atoms with Crippen LogP contribution in [0.2, 0.25) is 0 Å². The van der Waals surface area contributed by atoms with Crippen LogP contribution < -0.4 is 16.2 Å². The second-order valence-electron chi connectivity index (χ2n) is 6.42. The Kier molecular flexibility index (Phi) is 7.88. The van der Waals surface area contributed by atoms with Gasteiger partial charge in [-0.2, -0.15) is 8.42 Å². The minimum atomic E-state index is -3.67. The van der Waals surface area contributed by atoms with Crippen LogP contribution in [0.4, 0.5) is 5.69 Å². The number of fused-ring (bicyclic) bond motifs is 1. The first-order chi connectivity index (χ1) is 15.0. The van der Waals surface area contributed by atoms with Crippen LogP contribution in [0.5, 0.6) is 5.75 Å². The Morgan fingerprint density at radius 1 is 0.875 bits per heavy atom. The number of rotatable bonds is 4. The van der Waals surface area contributed by atoms with Crippen molar-refractivity contribution in [2.75, 3.05) is 13.4 Å². The van der Waals surface area contributed by atoms with E-state index in [1.807, 2.05) is 0 Å². The van der Waals surface area contributed by atoms with E-state index in [0.717, 1.165) is 10.8 Å². The van der Waals surface area contributed by atoms with Crippen LogP contribution >= 0.6 is 0 Å². The summed E-state index contributed by atoms with van der Waals surface area (Å²) in [5, 5.41) is 1.66. The average Bonchev–Trinajstić information content (AvgIpc) is 2.71. The molecule has 10 nitrogen and oxygen atoms in total. The van der Waals surface area contributed by atoms with Crippen LogP contribution in [-0.2, 0) is 14.9 Å². The van der Waals surface area contributed by atoms with Crippen molar-refractivity contribution >= 4 is 44.5 Å². The van der Waals surface area contributed by atoms with Gasteiger partial charge in [-0.25, -0.2) is 14.6 Å². The normalized spacial score (nSPS) is 10.5. The molecule has 0 amide bonds. The van der Waals surface area contributed by atoms with Crippen LogP contribution in [0.3, 0.4) is 0 Å². The number of benzene rings is 3. The standard InChI is InChI=1S/C20H17N3O4.CH4O3S/c1-26-18(24)15-3-2-14-11-17(9-6-13(14)10-15)27-19(25)12-4-7-16(8-5-12)23-20(21)22;1-5(2,3)4/h2-11H,1H3,(H4,21,22,23);1H3,(H,2,3,4). The summed E-state index contributed by atoms with van der Waals surface area (Å²) in [5.74, 6) is -0.572. The summed E-state index contributed by atoms with van der Waals surface area (Å²) in [7, 11) is -2.33. The summed E-state index contributed by atoms with van der Waals surface area (Å²) in [6.45, 7) is 0. The highest BCUT2D eigenvalue weighted by molar-refractivity contribution is 7.85. The predicted octanol–water partition coefficient (Wildman–Crippen LogP) is 2.25. The minimum Gasteiger partial charge on any atom is -0.465 e. The molecule has 3 rings (SSSR count). The fraction of sp³-hybridized carbons (Fsp3) is 0.0952. The summed E-state index contributed by atoms with van der Waals surface area (Å²) in [5.41, 5.74) is 12.0. The fourth-order valence-corrected chi connectivity index (χ4v) is 2.52. The van der Waals surface area contributed by atoms with Gasteiger partial charge in [0.25, 0.3) is 10.1 Å². The van der Waals surface area contributed by atoms with E-state index in [1.54, 1.807) is 60.7 Å². The van der Waals surface area contributed by atoms with Gasteiger partial charge in [0.05, 0.1) is 30.2 Å². The number of ether oxygens (including phenoxy) is 2. The summed E-state index contributed by atoms with van der Waals surface area (Å²) in [6, 6.07) is 16.7. The summed E-state index contributed by atoms with van der Waals surface area (Å²) >= 11 is 0. The van der Waals surface area contributed by atoms with Gasteiger partial charge in [0.15, 0.2) is 5.96 Å². The average molecular weight is 459 g/mol. The molecule has 0 unspecified atom stereocenters. The highest BCUT2D eigenvalue weighted by Crippen LogP contribution is 2.23. The lowest BCUT2D eigenvalue weighted by Crippen LogP contribution is -2.21. The number of carbonyl (C=O) groups excluding carboxylic acids is 2. The molecule has 3 aromatic rings. The smallest absolute Gasteiger partial charge is 0.343 e. The molecule has 0 atom stereocenters. The largest absolute Gasteiger partial charge is 0.465 e. The lowest BCUT2D eigenvalue weighted by atomic mass is 10.1. The third-order valence-electron chi connectivity index (χ3n) is 3.80. The van der Waals surface area contributed by atoms with Gasteiger partial charge in [0.2, 0.25) is 0 Å². The van der Waals surface area contributed by atoms with Gasteiger partial charge in [0, 0.05) is 0 Å². The Hall–Kier alpha value is -3.96. The predicted molar refractivity (Wildman–Crippen MR) is 120 cm³/mol. The number of hydrogen-bond donors (Lipinski definition) is 3. The SMILES string of the molecule is COC(=O)c1ccc2cc(OC(=O)c3ccc(N=C(N)N)cc3)ccc2c1.CS(=O)(=O)O. The molecule has 5 N–H and O–H groups in total. The molecule has 0 spiro atoms. The second-order valence-corrected chi connectivity index (χ2v) is 7.89. The number of methoxy groups -OCH3 is 1. The lowest BCUT2D eigenvalue weighted by molar-refractivity contribution is 0.0600. The van der Waals surface area contributed by atoms with E-state index in [0.29, 0.717) is 28.8 Å². The third-order valence-corrected chi connectivity index (χ3v) is 3.80. The topological polar surface area (TPSA) is 171 Å². The second kappa shape index (κ2) is 10.4. The molecule has 11 heteroatoms. The highest BCUT2D eigenvalue weighted by Gasteiger charge is 2.10. The van der Waals surface area contributed by atoms with Gasteiger partial charge in [-0.3, -0.25) is 4.55 Å². The van der Waals surface area contributed by atoms with Crippen LogP contribution in [0.15, 0.2) is 65.7 Å². The molecule has 0 fully saturated rings. The van der Waals surface area contributed by atoms with E-state index in [2.05, 4.69) is 4.99 Å². The van der Waals surface area contributed by atoms with Gasteiger partial charge in [-0.15, -0.1) is 0 Å². The van der Waals surface area contributed by atoms with Crippen molar-refractivity contribution in [2.24, 2.45) is 16.5 Å². The van der Waals surface area contributed by atoms with Crippen molar-refractivity contribution < 1.29 is 32.0 Å². The van der Waals surface area contributed by atoms with Crippen LogP contribution in [0.25, 0.3) is 10.8 Å². The lowest BCUT2D eigenvalue weighted by Gasteiger charge is -2.07. The quantitative estimate of drug-likeness (QED) is 0.174. The van der Waals surface area contributed by atoms with Gasteiger partial charge in [0.1, 0.15) is 5.75 Å². The van der Waals surface area contributed by atoms with E-state index in [-0.39, 0.29) is 5.96 Å². The first-order valence-electron chi connectivity index (χ1n) is 8.93. The molecule has 0 saturated heterocycles. The maximum atomic E-state index is 12.3. The van der Waals surface area contributed by atoms with Gasteiger partial charge >= 0.3 is 11.9 Å². The molecule has 0 aliphatic heterocycles. The van der Waals surface area contributed by atoms with Crippen molar-refractivity contribution in [3.63, 3.8) is 0 Å².